The molecule has 3 nitrogen and oxygen atoms in total. The second-order valence-electron chi connectivity index (χ2n) is 14.1. The van der Waals surface area contributed by atoms with Crippen LogP contribution in [0.2, 0.25) is 0 Å². The number of carboxylic acid groups (broad SMARTS) is 1. The third kappa shape index (κ3) is 2.72. The molecule has 0 aliphatic heterocycles. The van der Waals surface area contributed by atoms with E-state index in [0.717, 1.165) is 64.2 Å². The van der Waals surface area contributed by atoms with E-state index in [-0.39, 0.29) is 33.7 Å². The fraction of sp³-hybridized carbons (Fsp3) is 0.897. The number of hydrogen-bond donors (Lipinski definition) is 2. The van der Waals surface area contributed by atoms with Crippen molar-refractivity contribution < 1.29 is 15.0 Å². The van der Waals surface area contributed by atoms with Crippen molar-refractivity contribution in [1.29, 1.82) is 0 Å². The minimum Gasteiger partial charge on any atom is -0.481 e. The Bertz CT molecular complexity index is 856. The van der Waals surface area contributed by atoms with Crippen LogP contribution in [0.5, 0.6) is 0 Å². The van der Waals surface area contributed by atoms with E-state index >= 15 is 0 Å². The molecule has 0 aromatic carbocycles. The number of hydrogen-bond acceptors (Lipinski definition) is 2. The second-order valence-corrected chi connectivity index (χ2v) is 14.1. The van der Waals surface area contributed by atoms with E-state index in [9.17, 15) is 15.0 Å². The lowest BCUT2D eigenvalue weighted by Gasteiger charge is -2.68. The summed E-state index contributed by atoms with van der Waals surface area (Å²) in [4.78, 5) is 12.8. The molecule has 5 aliphatic rings. The molecule has 5 aliphatic carbocycles. The first kappa shape index (κ1) is 22.9. The first-order chi connectivity index (χ1) is 14.8. The molecule has 0 aromatic heterocycles. The Morgan fingerprint density at radius 1 is 0.906 bits per heavy atom. The molecular formula is C29H46O3. The fourth-order valence-electron chi connectivity index (χ4n) is 9.93. The van der Waals surface area contributed by atoms with Gasteiger partial charge in [-0.05, 0) is 110 Å². The van der Waals surface area contributed by atoms with Gasteiger partial charge in [-0.1, -0.05) is 52.7 Å². The molecule has 0 bridgehead atoms. The minimum atomic E-state index is -0.521. The van der Waals surface area contributed by atoms with Gasteiger partial charge in [0.15, 0.2) is 0 Å². The molecular weight excluding hydrogens is 396 g/mol. The van der Waals surface area contributed by atoms with Crippen LogP contribution in [-0.4, -0.2) is 22.3 Å². The molecule has 8 atom stereocenters. The maximum atomic E-state index is 12.8. The molecule has 0 radical (unpaired) electrons. The smallest absolute Gasteiger partial charge is 0.309 e. The molecule has 32 heavy (non-hydrogen) atoms. The summed E-state index contributed by atoms with van der Waals surface area (Å²) in [7, 11) is 0. The Kier molecular flexibility index (Phi) is 4.92. The van der Waals surface area contributed by atoms with Gasteiger partial charge in [0.2, 0.25) is 0 Å². The number of carboxylic acids is 1. The molecule has 0 spiro atoms. The quantitative estimate of drug-likeness (QED) is 0.430. The molecule has 180 valence electrons. The van der Waals surface area contributed by atoms with Crippen LogP contribution in [0.25, 0.3) is 0 Å². The lowest BCUT2D eigenvalue weighted by Crippen LogP contribution is -2.62. The lowest BCUT2D eigenvalue weighted by atomic mass is 9.35. The Labute approximate surface area is 195 Å². The number of aliphatic hydroxyl groups excluding tert-OH is 1. The van der Waals surface area contributed by atoms with Crippen molar-refractivity contribution in [2.45, 2.75) is 118 Å². The van der Waals surface area contributed by atoms with Gasteiger partial charge in [0.1, 0.15) is 0 Å². The van der Waals surface area contributed by atoms with Crippen molar-refractivity contribution >= 4 is 5.97 Å². The van der Waals surface area contributed by atoms with E-state index in [1.807, 2.05) is 0 Å². The zero-order valence-corrected chi connectivity index (χ0v) is 21.4. The third-order valence-corrected chi connectivity index (χ3v) is 12.7. The highest BCUT2D eigenvalue weighted by Gasteiger charge is 2.68. The third-order valence-electron chi connectivity index (χ3n) is 12.7. The van der Waals surface area contributed by atoms with E-state index in [2.05, 4.69) is 41.5 Å². The number of aliphatic carboxylic acids is 1. The summed E-state index contributed by atoms with van der Waals surface area (Å²) in [6.07, 6.45) is 11.4. The van der Waals surface area contributed by atoms with Crippen LogP contribution in [0.15, 0.2) is 11.1 Å². The van der Waals surface area contributed by atoms with E-state index in [1.54, 1.807) is 11.1 Å². The van der Waals surface area contributed by atoms with Gasteiger partial charge in [0.25, 0.3) is 0 Å². The standard InChI is InChI=1S/C29H46O3/c1-18-22(30)8-7-20-19-9-12-28(6)23-17-25(2,3)13-15-29(23,24(31)32)16-14-27(28,5)21(19)10-11-26(18,20)4/h18,20,22-23,30H,7-17H2,1-6H3,(H,31,32)/t18-,20-,22-,23-,26+,27+,28-,29-/m0/s1. The fourth-order valence-corrected chi connectivity index (χ4v) is 9.93. The number of carbonyl (C=O) groups is 1. The van der Waals surface area contributed by atoms with Crippen LogP contribution in [0.1, 0.15) is 112 Å². The molecule has 3 saturated carbocycles. The van der Waals surface area contributed by atoms with Crippen molar-refractivity contribution in [3.63, 3.8) is 0 Å². The highest BCUT2D eigenvalue weighted by atomic mass is 16.4. The van der Waals surface area contributed by atoms with Crippen LogP contribution in [0.4, 0.5) is 0 Å². The van der Waals surface area contributed by atoms with Gasteiger partial charge in [-0.15, -0.1) is 0 Å². The number of aliphatic hydroxyl groups is 1. The van der Waals surface area contributed by atoms with Crippen LogP contribution >= 0.6 is 0 Å². The second kappa shape index (κ2) is 6.86. The zero-order chi connectivity index (χ0) is 23.3. The van der Waals surface area contributed by atoms with Crippen LogP contribution < -0.4 is 0 Å². The molecule has 3 fully saturated rings. The SMILES string of the molecule is C[C@H]1[C@@H](O)CC[C@H]2C3=C(CC[C@@]21C)[C@@]1(C)CC[C@@]2(C(=O)O)CCC(C)(C)C[C@H]2[C@]1(C)CC3. The molecule has 0 saturated heterocycles. The summed E-state index contributed by atoms with van der Waals surface area (Å²) in [6, 6.07) is 0. The monoisotopic (exact) mass is 442 g/mol. The Morgan fingerprint density at radius 2 is 1.59 bits per heavy atom. The lowest BCUT2D eigenvalue weighted by molar-refractivity contribution is -0.190. The summed E-state index contributed by atoms with van der Waals surface area (Å²) in [5, 5.41) is 21.2. The zero-order valence-electron chi connectivity index (χ0n) is 21.4. The van der Waals surface area contributed by atoms with Crippen molar-refractivity contribution in [2.24, 2.45) is 44.8 Å². The first-order valence-electron chi connectivity index (χ1n) is 13.4. The van der Waals surface area contributed by atoms with Crippen molar-refractivity contribution in [3.05, 3.63) is 11.1 Å². The van der Waals surface area contributed by atoms with E-state index in [4.69, 9.17) is 0 Å². The summed E-state index contributed by atoms with van der Waals surface area (Å²) in [6.45, 7) is 14.5. The molecule has 0 aromatic rings. The summed E-state index contributed by atoms with van der Waals surface area (Å²) >= 11 is 0. The van der Waals surface area contributed by atoms with Crippen LogP contribution in [-0.2, 0) is 4.79 Å². The first-order valence-corrected chi connectivity index (χ1v) is 13.4. The number of allylic oxidation sites excluding steroid dienone is 2. The van der Waals surface area contributed by atoms with Gasteiger partial charge in [-0.2, -0.15) is 0 Å². The average Bonchev–Trinajstić information content (AvgIpc) is 2.72. The summed E-state index contributed by atoms with van der Waals surface area (Å²) < 4.78 is 0. The van der Waals surface area contributed by atoms with E-state index < -0.39 is 11.4 Å². The molecule has 0 amide bonds. The maximum Gasteiger partial charge on any atom is 0.309 e. The normalized spacial score (nSPS) is 52.3. The largest absolute Gasteiger partial charge is 0.481 e. The predicted molar refractivity (Wildman–Crippen MR) is 128 cm³/mol. The Hall–Kier alpha value is -0.830. The van der Waals surface area contributed by atoms with Gasteiger partial charge >= 0.3 is 5.97 Å². The molecule has 0 unspecified atom stereocenters. The van der Waals surface area contributed by atoms with Gasteiger partial charge in [-0.3, -0.25) is 4.79 Å². The molecule has 0 heterocycles. The molecule has 2 N–H and O–H groups in total. The summed E-state index contributed by atoms with van der Waals surface area (Å²) in [5.41, 5.74) is 3.57. The maximum absolute atomic E-state index is 12.8. The number of rotatable bonds is 1. The summed E-state index contributed by atoms with van der Waals surface area (Å²) in [5.74, 6) is 0.721. The van der Waals surface area contributed by atoms with Gasteiger partial charge in [0, 0.05) is 0 Å². The minimum absolute atomic E-state index is 0.0632. The molecule has 3 heteroatoms. The Balaban J connectivity index is 1.59. The predicted octanol–water partition coefficient (Wildman–Crippen LogP) is 6.99. The highest BCUT2D eigenvalue weighted by Crippen LogP contribution is 2.74. The molecule has 5 rings (SSSR count). The van der Waals surface area contributed by atoms with Crippen molar-refractivity contribution in [3.8, 4) is 0 Å². The topological polar surface area (TPSA) is 57.5 Å². The van der Waals surface area contributed by atoms with E-state index in [1.165, 1.54) is 6.42 Å². The van der Waals surface area contributed by atoms with Crippen molar-refractivity contribution in [2.75, 3.05) is 0 Å². The van der Waals surface area contributed by atoms with Gasteiger partial charge in [0.05, 0.1) is 11.5 Å². The number of fused-ring (bicyclic) bond motifs is 6. The average molecular weight is 443 g/mol. The van der Waals surface area contributed by atoms with E-state index in [0.29, 0.717) is 11.8 Å². The van der Waals surface area contributed by atoms with Gasteiger partial charge < -0.3 is 10.2 Å². The van der Waals surface area contributed by atoms with Crippen LogP contribution in [0, 0.1) is 44.8 Å². The van der Waals surface area contributed by atoms with Crippen molar-refractivity contribution in [1.82, 2.24) is 0 Å². The van der Waals surface area contributed by atoms with Crippen LogP contribution in [0.3, 0.4) is 0 Å². The van der Waals surface area contributed by atoms with Gasteiger partial charge in [-0.25, -0.2) is 0 Å². The Morgan fingerprint density at radius 3 is 2.28 bits per heavy atom. The highest BCUT2D eigenvalue weighted by molar-refractivity contribution is 5.76.